The molecule has 5 nitrogen and oxygen atoms in total. The zero-order chi connectivity index (χ0) is 21.0. The van der Waals surface area contributed by atoms with Gasteiger partial charge in [-0.2, -0.15) is 0 Å². The van der Waals surface area contributed by atoms with Crippen LogP contribution in [0.25, 0.3) is 0 Å². The molecule has 1 aliphatic heterocycles. The molecule has 3 rings (SSSR count). The summed E-state index contributed by atoms with van der Waals surface area (Å²) < 4.78 is 0. The molecular formula is C24H36N4O. The number of β-amino-alcohol motifs (C(OH)–C–C–N with tert-alkyl or cyclic N) is 1. The van der Waals surface area contributed by atoms with E-state index >= 15 is 0 Å². The first-order valence-electron chi connectivity index (χ1n) is 10.9. The predicted molar refractivity (Wildman–Crippen MR) is 120 cm³/mol. The van der Waals surface area contributed by atoms with Crippen LogP contribution in [0.1, 0.15) is 53.5 Å². The van der Waals surface area contributed by atoms with Crippen LogP contribution in [0.15, 0.2) is 18.2 Å². The van der Waals surface area contributed by atoms with Crippen LogP contribution in [0.3, 0.4) is 0 Å². The van der Waals surface area contributed by atoms with E-state index in [4.69, 9.17) is 4.98 Å². The number of aliphatic hydroxyl groups is 1. The molecule has 1 aromatic heterocycles. The molecule has 1 saturated heterocycles. The number of benzene rings is 1. The Morgan fingerprint density at radius 1 is 1.03 bits per heavy atom. The molecule has 1 aliphatic rings. The average molecular weight is 397 g/mol. The van der Waals surface area contributed by atoms with Gasteiger partial charge >= 0.3 is 0 Å². The van der Waals surface area contributed by atoms with Gasteiger partial charge in [0.2, 0.25) is 0 Å². The van der Waals surface area contributed by atoms with Crippen LogP contribution >= 0.6 is 0 Å². The third kappa shape index (κ3) is 5.55. The molecule has 0 radical (unpaired) electrons. The molecule has 0 saturated carbocycles. The fraction of sp³-hybridized carbons (Fsp3) is 0.583. The lowest BCUT2D eigenvalue weighted by Gasteiger charge is -2.37. The molecule has 0 unspecified atom stereocenters. The van der Waals surface area contributed by atoms with Gasteiger partial charge in [-0.15, -0.1) is 0 Å². The van der Waals surface area contributed by atoms with Gasteiger partial charge in [0, 0.05) is 50.4 Å². The van der Waals surface area contributed by atoms with E-state index in [2.05, 4.69) is 60.7 Å². The van der Waals surface area contributed by atoms with E-state index < -0.39 is 0 Å². The Bertz CT molecular complexity index is 828. The fourth-order valence-corrected chi connectivity index (χ4v) is 4.23. The topological polar surface area (TPSA) is 52.5 Å². The zero-order valence-electron chi connectivity index (χ0n) is 18.7. The Kier molecular flexibility index (Phi) is 7.25. The lowest BCUT2D eigenvalue weighted by Crippen LogP contribution is -2.49. The van der Waals surface area contributed by atoms with Gasteiger partial charge in [0.15, 0.2) is 0 Å². The Morgan fingerprint density at radius 3 is 2.45 bits per heavy atom. The molecule has 29 heavy (non-hydrogen) atoms. The third-order valence-corrected chi connectivity index (χ3v) is 5.94. The van der Waals surface area contributed by atoms with Crippen LogP contribution in [0, 0.1) is 27.7 Å². The van der Waals surface area contributed by atoms with E-state index in [-0.39, 0.29) is 6.10 Å². The molecule has 0 amide bonds. The quantitative estimate of drug-likeness (QED) is 0.775. The van der Waals surface area contributed by atoms with Gasteiger partial charge in [-0.05, 0) is 45.2 Å². The maximum absolute atomic E-state index is 10.1. The van der Waals surface area contributed by atoms with Gasteiger partial charge in [0.25, 0.3) is 0 Å². The number of hydrogen-bond acceptors (Lipinski definition) is 5. The highest BCUT2D eigenvalue weighted by atomic mass is 16.3. The maximum atomic E-state index is 10.1. The van der Waals surface area contributed by atoms with Gasteiger partial charge in [0.1, 0.15) is 11.6 Å². The molecule has 0 bridgehead atoms. The summed E-state index contributed by atoms with van der Waals surface area (Å²) in [4.78, 5) is 14.3. The van der Waals surface area contributed by atoms with Crippen LogP contribution in [-0.4, -0.2) is 58.8 Å². The zero-order valence-corrected chi connectivity index (χ0v) is 18.7. The molecule has 5 heteroatoms. The van der Waals surface area contributed by atoms with Crippen LogP contribution in [-0.2, 0) is 6.42 Å². The van der Waals surface area contributed by atoms with Crippen molar-refractivity contribution >= 4 is 5.82 Å². The lowest BCUT2D eigenvalue weighted by molar-refractivity contribution is 0.101. The number of piperazine rings is 1. The van der Waals surface area contributed by atoms with E-state index in [1.807, 2.05) is 6.92 Å². The number of aliphatic hydroxyl groups excluding tert-OH is 1. The van der Waals surface area contributed by atoms with Crippen LogP contribution in [0.2, 0.25) is 0 Å². The van der Waals surface area contributed by atoms with Crippen molar-refractivity contribution in [2.24, 2.45) is 0 Å². The number of aromatic nitrogens is 2. The summed E-state index contributed by atoms with van der Waals surface area (Å²) in [7, 11) is 0. The summed E-state index contributed by atoms with van der Waals surface area (Å²) in [6.45, 7) is 15.1. The van der Waals surface area contributed by atoms with Crippen LogP contribution < -0.4 is 4.90 Å². The molecule has 158 valence electrons. The van der Waals surface area contributed by atoms with E-state index in [0.717, 1.165) is 69.3 Å². The van der Waals surface area contributed by atoms with Crippen LogP contribution in [0.5, 0.6) is 0 Å². The average Bonchev–Trinajstić information content (AvgIpc) is 2.67. The lowest BCUT2D eigenvalue weighted by atomic mass is 9.97. The van der Waals surface area contributed by atoms with Crippen LogP contribution in [0.4, 0.5) is 5.82 Å². The highest BCUT2D eigenvalue weighted by Crippen LogP contribution is 2.26. The normalized spacial score (nSPS) is 16.3. The number of nitrogens with zero attached hydrogens (tertiary/aromatic N) is 4. The maximum Gasteiger partial charge on any atom is 0.136 e. The van der Waals surface area contributed by atoms with Crippen molar-refractivity contribution in [2.75, 3.05) is 37.6 Å². The molecular weight excluding hydrogens is 360 g/mol. The standard InChI is InChI=1S/C24H36N4O/c1-6-7-22(29)16-27-10-12-28(13-11-27)24-23(19(4)25-20(5)26-24)15-21-14-17(2)8-9-18(21)3/h8-9,14,22,29H,6-7,10-13,15-16H2,1-5H3/t22-/m1/s1. The van der Waals surface area contributed by atoms with Crippen molar-refractivity contribution in [1.29, 1.82) is 0 Å². The SMILES string of the molecule is CCC[C@@H](O)CN1CCN(c2nc(C)nc(C)c2Cc2cc(C)ccc2C)CC1. The minimum absolute atomic E-state index is 0.213. The molecule has 1 aromatic carbocycles. The smallest absolute Gasteiger partial charge is 0.136 e. The number of aryl methyl sites for hydroxylation is 4. The highest BCUT2D eigenvalue weighted by molar-refractivity contribution is 5.52. The van der Waals surface area contributed by atoms with Crippen molar-refractivity contribution in [1.82, 2.24) is 14.9 Å². The fourth-order valence-electron chi connectivity index (χ4n) is 4.23. The second kappa shape index (κ2) is 9.68. The monoisotopic (exact) mass is 396 g/mol. The van der Waals surface area contributed by atoms with E-state index in [1.54, 1.807) is 0 Å². The molecule has 0 aliphatic carbocycles. The van der Waals surface area contributed by atoms with Crippen molar-refractivity contribution in [3.05, 3.63) is 52.0 Å². The predicted octanol–water partition coefficient (Wildman–Crippen LogP) is 3.58. The second-order valence-corrected chi connectivity index (χ2v) is 8.50. The van der Waals surface area contributed by atoms with Gasteiger partial charge in [-0.1, -0.05) is 37.1 Å². The number of hydrogen-bond donors (Lipinski definition) is 1. The van der Waals surface area contributed by atoms with Gasteiger partial charge in [-0.25, -0.2) is 9.97 Å². The summed E-state index contributed by atoms with van der Waals surface area (Å²) in [5, 5.41) is 10.1. The van der Waals surface area contributed by atoms with Gasteiger partial charge in [-0.3, -0.25) is 4.90 Å². The summed E-state index contributed by atoms with van der Waals surface area (Å²) in [6, 6.07) is 6.66. The molecule has 2 aromatic rings. The van der Waals surface area contributed by atoms with Gasteiger partial charge in [0.05, 0.1) is 6.10 Å². The Balaban J connectivity index is 1.78. The molecule has 1 N–H and O–H groups in total. The minimum Gasteiger partial charge on any atom is -0.392 e. The van der Waals surface area contributed by atoms with Crippen molar-refractivity contribution < 1.29 is 5.11 Å². The highest BCUT2D eigenvalue weighted by Gasteiger charge is 2.23. The second-order valence-electron chi connectivity index (χ2n) is 8.50. The number of anilines is 1. The Labute approximate surface area is 175 Å². The summed E-state index contributed by atoms with van der Waals surface area (Å²) in [5.74, 6) is 1.92. The van der Waals surface area contributed by atoms with E-state index in [1.165, 1.54) is 22.3 Å². The van der Waals surface area contributed by atoms with Crippen molar-refractivity contribution in [3.8, 4) is 0 Å². The van der Waals surface area contributed by atoms with Crippen molar-refractivity contribution in [2.45, 2.75) is 60.0 Å². The first kappa shape index (κ1) is 21.7. The van der Waals surface area contributed by atoms with Crippen molar-refractivity contribution in [3.63, 3.8) is 0 Å². The molecule has 1 fully saturated rings. The molecule has 2 heterocycles. The Morgan fingerprint density at radius 2 is 1.76 bits per heavy atom. The number of rotatable bonds is 7. The largest absolute Gasteiger partial charge is 0.392 e. The first-order valence-corrected chi connectivity index (χ1v) is 10.9. The minimum atomic E-state index is -0.213. The summed E-state index contributed by atoms with van der Waals surface area (Å²) >= 11 is 0. The first-order chi connectivity index (χ1) is 13.9. The molecule has 1 atom stereocenters. The summed E-state index contributed by atoms with van der Waals surface area (Å²) in [5.41, 5.74) is 6.27. The molecule has 0 spiro atoms. The Hall–Kier alpha value is -1.98. The van der Waals surface area contributed by atoms with Gasteiger partial charge < -0.3 is 10.0 Å². The summed E-state index contributed by atoms with van der Waals surface area (Å²) in [6.07, 6.45) is 2.56. The van der Waals surface area contributed by atoms with E-state index in [9.17, 15) is 5.11 Å². The third-order valence-electron chi connectivity index (χ3n) is 5.94. The van der Waals surface area contributed by atoms with E-state index in [0.29, 0.717) is 0 Å².